The number of hydrazine groups is 1. The van der Waals surface area contributed by atoms with E-state index < -0.39 is 0 Å². The van der Waals surface area contributed by atoms with E-state index in [0.717, 1.165) is 30.5 Å². The Bertz CT molecular complexity index is 690. The number of nitrogens with zero attached hydrogens (tertiary/aromatic N) is 1. The van der Waals surface area contributed by atoms with Crippen LogP contribution in [0.25, 0.3) is 0 Å². The number of benzene rings is 1. The summed E-state index contributed by atoms with van der Waals surface area (Å²) in [5.41, 5.74) is 5.38. The van der Waals surface area contributed by atoms with Crippen LogP contribution in [0.1, 0.15) is 23.7 Å². The van der Waals surface area contributed by atoms with Gasteiger partial charge < -0.3 is 10.6 Å². The second kappa shape index (κ2) is 10.7. The molecule has 3 amide bonds. The van der Waals surface area contributed by atoms with Crippen LogP contribution < -0.4 is 21.9 Å². The van der Waals surface area contributed by atoms with E-state index >= 15 is 0 Å². The van der Waals surface area contributed by atoms with Gasteiger partial charge in [-0.15, -0.1) is 23.7 Å². The number of thiazole rings is 1. The molecule has 1 heterocycles. The van der Waals surface area contributed by atoms with Gasteiger partial charge in [0.1, 0.15) is 0 Å². The number of anilines is 1. The van der Waals surface area contributed by atoms with E-state index in [2.05, 4.69) is 39.9 Å². The van der Waals surface area contributed by atoms with Crippen LogP contribution >= 0.6 is 23.7 Å². The zero-order chi connectivity index (χ0) is 17.4. The molecule has 0 bridgehead atoms. The fourth-order valence-electron chi connectivity index (χ4n) is 2.15. The first-order chi connectivity index (χ1) is 11.6. The Balaban J connectivity index is 0.00000312. The fourth-order valence-corrected chi connectivity index (χ4v) is 2.94. The van der Waals surface area contributed by atoms with Gasteiger partial charge in [-0.25, -0.2) is 15.6 Å². The minimum absolute atomic E-state index is 0. The van der Waals surface area contributed by atoms with Crippen molar-refractivity contribution in [1.82, 2.24) is 15.7 Å². The first-order valence-electron chi connectivity index (χ1n) is 7.61. The Morgan fingerprint density at radius 1 is 1.12 bits per heavy atom. The highest BCUT2D eigenvalue weighted by Crippen LogP contribution is 2.17. The van der Waals surface area contributed by atoms with Gasteiger partial charge in [-0.2, -0.15) is 0 Å². The number of carbonyl (C=O) groups excluding carboxylic acids is 2. The number of nitrogens with two attached hydrogens (primary N) is 1. The fraction of sp³-hybridized carbons (Fsp3) is 0.312. The Morgan fingerprint density at radius 2 is 1.76 bits per heavy atom. The summed E-state index contributed by atoms with van der Waals surface area (Å²) in [6, 6.07) is 7.90. The summed E-state index contributed by atoms with van der Waals surface area (Å²) in [4.78, 5) is 26.3. The van der Waals surface area contributed by atoms with Crippen molar-refractivity contribution in [2.75, 3.05) is 11.9 Å². The molecule has 5 N–H and O–H groups in total. The number of hydrogen-bond acceptors (Lipinski definition) is 5. The van der Waals surface area contributed by atoms with Crippen LogP contribution in [0.15, 0.2) is 29.6 Å². The van der Waals surface area contributed by atoms with Crippen molar-refractivity contribution in [1.29, 1.82) is 0 Å². The summed E-state index contributed by atoms with van der Waals surface area (Å²) in [5.74, 6) is 4.88. The monoisotopic (exact) mass is 383 g/mol. The smallest absolute Gasteiger partial charge is 0.328 e. The van der Waals surface area contributed by atoms with Crippen molar-refractivity contribution in [3.63, 3.8) is 0 Å². The molecule has 9 heteroatoms. The minimum Gasteiger partial charge on any atom is -0.337 e. The van der Waals surface area contributed by atoms with Crippen LogP contribution in [-0.4, -0.2) is 23.5 Å². The topological polar surface area (TPSA) is 109 Å². The van der Waals surface area contributed by atoms with Crippen molar-refractivity contribution >= 4 is 40.8 Å². The maximum absolute atomic E-state index is 11.0. The highest BCUT2D eigenvalue weighted by Gasteiger charge is 2.04. The number of aryl methyl sites for hydroxylation is 2. The van der Waals surface area contributed by atoms with E-state index in [1.807, 2.05) is 10.8 Å². The third-order valence-electron chi connectivity index (χ3n) is 3.36. The standard InChI is InChI=1S/C16H21N5O2S.ClH/c1-11(22)19-16-20-14(10-24-16)7-6-12-2-4-13(5-3-12)8-9-18-15(23)21-17;/h2-5,10H,6-9,17H2,1H3,(H2,18,21,23)(H,19,20,22);1H. The van der Waals surface area contributed by atoms with E-state index in [4.69, 9.17) is 5.84 Å². The summed E-state index contributed by atoms with van der Waals surface area (Å²) < 4.78 is 0. The highest BCUT2D eigenvalue weighted by atomic mass is 35.5. The summed E-state index contributed by atoms with van der Waals surface area (Å²) in [5, 5.41) is 7.94. The highest BCUT2D eigenvalue weighted by molar-refractivity contribution is 7.13. The molecule has 0 aliphatic heterocycles. The molecule has 2 aromatic rings. The van der Waals surface area contributed by atoms with Gasteiger partial charge >= 0.3 is 6.03 Å². The molecular formula is C16H22ClN5O2S. The summed E-state index contributed by atoms with van der Waals surface area (Å²) in [6.07, 6.45) is 2.46. The predicted octanol–water partition coefficient (Wildman–Crippen LogP) is 2.02. The zero-order valence-electron chi connectivity index (χ0n) is 13.9. The van der Waals surface area contributed by atoms with E-state index in [9.17, 15) is 9.59 Å². The number of halogens is 1. The van der Waals surface area contributed by atoms with Crippen LogP contribution in [0.5, 0.6) is 0 Å². The molecule has 0 unspecified atom stereocenters. The number of carbonyl (C=O) groups is 2. The van der Waals surface area contributed by atoms with E-state index in [1.165, 1.54) is 23.8 Å². The first kappa shape index (κ1) is 20.9. The first-order valence-corrected chi connectivity index (χ1v) is 8.49. The number of urea groups is 1. The molecule has 0 saturated carbocycles. The van der Waals surface area contributed by atoms with Gasteiger partial charge in [0.15, 0.2) is 5.13 Å². The molecule has 136 valence electrons. The van der Waals surface area contributed by atoms with Crippen molar-refractivity contribution in [2.45, 2.75) is 26.2 Å². The predicted molar refractivity (Wildman–Crippen MR) is 102 cm³/mol. The van der Waals surface area contributed by atoms with E-state index in [0.29, 0.717) is 11.7 Å². The molecule has 0 spiro atoms. The third-order valence-corrected chi connectivity index (χ3v) is 4.16. The molecule has 25 heavy (non-hydrogen) atoms. The van der Waals surface area contributed by atoms with Gasteiger partial charge in [0.2, 0.25) is 5.91 Å². The Kier molecular flexibility index (Phi) is 8.90. The molecule has 2 rings (SSSR count). The van der Waals surface area contributed by atoms with Crippen LogP contribution in [0.2, 0.25) is 0 Å². The molecule has 1 aromatic carbocycles. The lowest BCUT2D eigenvalue weighted by Crippen LogP contribution is -2.40. The molecule has 0 aliphatic rings. The number of rotatable bonds is 7. The zero-order valence-corrected chi connectivity index (χ0v) is 15.5. The average Bonchev–Trinajstić information content (AvgIpc) is 3.00. The maximum atomic E-state index is 11.0. The molecule has 0 saturated heterocycles. The second-order valence-corrected chi connectivity index (χ2v) is 6.15. The molecule has 1 aromatic heterocycles. The quantitative estimate of drug-likeness (QED) is 0.333. The second-order valence-electron chi connectivity index (χ2n) is 5.29. The Hall–Kier alpha value is -2.16. The lowest BCUT2D eigenvalue weighted by atomic mass is 10.0. The normalized spacial score (nSPS) is 9.84. The van der Waals surface area contributed by atoms with Gasteiger partial charge in [0.05, 0.1) is 5.69 Å². The van der Waals surface area contributed by atoms with Crippen molar-refractivity contribution in [3.8, 4) is 0 Å². The number of nitrogens with one attached hydrogen (secondary N) is 3. The molecule has 0 aliphatic carbocycles. The van der Waals surface area contributed by atoms with Gasteiger partial charge in [-0.1, -0.05) is 24.3 Å². The summed E-state index contributed by atoms with van der Waals surface area (Å²) >= 11 is 1.44. The Labute approximate surface area is 156 Å². The molecular weight excluding hydrogens is 362 g/mol. The SMILES string of the molecule is CC(=O)Nc1nc(CCc2ccc(CCNC(=O)NN)cc2)cs1.Cl. The van der Waals surface area contributed by atoms with Gasteiger partial charge in [0.25, 0.3) is 0 Å². The van der Waals surface area contributed by atoms with Crippen LogP contribution in [0, 0.1) is 0 Å². The van der Waals surface area contributed by atoms with Crippen LogP contribution in [-0.2, 0) is 24.1 Å². The van der Waals surface area contributed by atoms with E-state index in [1.54, 1.807) is 0 Å². The number of aromatic nitrogens is 1. The molecule has 0 fully saturated rings. The Morgan fingerprint density at radius 3 is 2.36 bits per heavy atom. The van der Waals surface area contributed by atoms with Gasteiger partial charge in [-0.05, 0) is 30.4 Å². The number of amides is 3. The minimum atomic E-state index is -0.381. The van der Waals surface area contributed by atoms with Crippen molar-refractivity contribution in [2.24, 2.45) is 5.84 Å². The van der Waals surface area contributed by atoms with Gasteiger partial charge in [0, 0.05) is 18.8 Å². The molecule has 0 atom stereocenters. The van der Waals surface area contributed by atoms with Crippen molar-refractivity contribution < 1.29 is 9.59 Å². The lowest BCUT2D eigenvalue weighted by Gasteiger charge is -2.05. The summed E-state index contributed by atoms with van der Waals surface area (Å²) in [7, 11) is 0. The maximum Gasteiger partial charge on any atom is 0.328 e. The van der Waals surface area contributed by atoms with Crippen LogP contribution in [0.4, 0.5) is 9.93 Å². The average molecular weight is 384 g/mol. The van der Waals surface area contributed by atoms with Crippen molar-refractivity contribution in [3.05, 3.63) is 46.5 Å². The third kappa shape index (κ3) is 7.51. The van der Waals surface area contributed by atoms with Crippen LogP contribution in [0.3, 0.4) is 0 Å². The summed E-state index contributed by atoms with van der Waals surface area (Å²) in [6.45, 7) is 2.01. The molecule has 7 nitrogen and oxygen atoms in total. The van der Waals surface area contributed by atoms with Gasteiger partial charge in [-0.3, -0.25) is 10.2 Å². The largest absolute Gasteiger partial charge is 0.337 e. The number of hydrogen-bond donors (Lipinski definition) is 4. The molecule has 0 radical (unpaired) electrons. The lowest BCUT2D eigenvalue weighted by molar-refractivity contribution is -0.114. The van der Waals surface area contributed by atoms with E-state index in [-0.39, 0.29) is 24.3 Å².